The van der Waals surface area contributed by atoms with Crippen LogP contribution in [0.4, 0.5) is 5.69 Å². The van der Waals surface area contributed by atoms with Crippen LogP contribution in [-0.2, 0) is 19.5 Å². The van der Waals surface area contributed by atoms with Gasteiger partial charge < -0.3 is 10.3 Å². The average Bonchev–Trinajstić information content (AvgIpc) is 2.78. The fourth-order valence-electron chi connectivity index (χ4n) is 2.18. The molecule has 0 aliphatic rings. The Morgan fingerprint density at radius 2 is 2.10 bits per heavy atom. The predicted molar refractivity (Wildman–Crippen MR) is 88.9 cm³/mol. The summed E-state index contributed by atoms with van der Waals surface area (Å²) in [5, 5.41) is 5.09. The molecule has 0 aliphatic heterocycles. The molecule has 2 N–H and O–H groups in total. The summed E-state index contributed by atoms with van der Waals surface area (Å²) in [6, 6.07) is 0. The molecule has 2 aromatic rings. The van der Waals surface area contributed by atoms with Gasteiger partial charge in [-0.05, 0) is 41.8 Å². The van der Waals surface area contributed by atoms with Crippen LogP contribution in [0.25, 0.3) is 0 Å². The largest absolute Gasteiger partial charge is 0.397 e. The normalized spacial score (nSPS) is 11.1. The number of aromatic nitrogens is 3. The Bertz CT molecular complexity index is 736. The van der Waals surface area contributed by atoms with E-state index in [2.05, 4.69) is 21.0 Å². The first-order valence-electron chi connectivity index (χ1n) is 6.79. The number of nitrogen functional groups attached to an aromatic ring is 1. The number of hydrogen-bond acceptors (Lipinski definition) is 3. The van der Waals surface area contributed by atoms with Gasteiger partial charge in [-0.25, -0.2) is 0 Å². The molecule has 0 saturated carbocycles. The first kappa shape index (κ1) is 16.1. The summed E-state index contributed by atoms with van der Waals surface area (Å²) < 4.78 is 3.87. The van der Waals surface area contributed by atoms with Crippen LogP contribution in [0.3, 0.4) is 0 Å². The summed E-state index contributed by atoms with van der Waals surface area (Å²) in [5.74, 6) is 0. The van der Waals surface area contributed by atoms with E-state index in [1.165, 1.54) is 0 Å². The molecule has 5 nitrogen and oxygen atoms in total. The van der Waals surface area contributed by atoms with Crippen LogP contribution in [0.5, 0.6) is 0 Å². The maximum absolute atomic E-state index is 12.3. The molecular formula is C14H18BrClN4O. The Morgan fingerprint density at radius 1 is 1.43 bits per heavy atom. The molecule has 0 fully saturated rings. The number of rotatable bonds is 4. The third kappa shape index (κ3) is 2.87. The molecule has 0 bridgehead atoms. The van der Waals surface area contributed by atoms with Gasteiger partial charge in [-0.1, -0.05) is 18.5 Å². The highest BCUT2D eigenvalue weighted by Gasteiger charge is 2.16. The lowest BCUT2D eigenvalue weighted by atomic mass is 10.2. The van der Waals surface area contributed by atoms with Crippen LogP contribution in [-0.4, -0.2) is 14.3 Å². The van der Waals surface area contributed by atoms with E-state index in [1.54, 1.807) is 10.8 Å². The van der Waals surface area contributed by atoms with Gasteiger partial charge in [0, 0.05) is 12.7 Å². The molecule has 0 aliphatic carbocycles. The SMILES string of the molecule is CCc1nn(CC)c(Cn2cc(N)c(C)c(Br)c2=O)c1Cl. The van der Waals surface area contributed by atoms with Crippen molar-refractivity contribution >= 4 is 33.2 Å². The monoisotopic (exact) mass is 372 g/mol. The zero-order valence-electron chi connectivity index (χ0n) is 12.3. The second kappa shape index (κ2) is 6.23. The maximum Gasteiger partial charge on any atom is 0.265 e. The fraction of sp³-hybridized carbons (Fsp3) is 0.429. The van der Waals surface area contributed by atoms with Crippen molar-refractivity contribution in [1.82, 2.24) is 14.3 Å². The summed E-state index contributed by atoms with van der Waals surface area (Å²) >= 11 is 9.68. The lowest BCUT2D eigenvalue weighted by Gasteiger charge is -2.11. The molecule has 2 heterocycles. The molecule has 0 saturated heterocycles. The van der Waals surface area contributed by atoms with Crippen molar-refractivity contribution in [1.29, 1.82) is 0 Å². The highest BCUT2D eigenvalue weighted by molar-refractivity contribution is 9.10. The van der Waals surface area contributed by atoms with E-state index in [0.29, 0.717) is 28.3 Å². The van der Waals surface area contributed by atoms with Crippen molar-refractivity contribution in [3.05, 3.63) is 43.0 Å². The minimum atomic E-state index is -0.125. The number of hydrogen-bond donors (Lipinski definition) is 1. The van der Waals surface area contributed by atoms with Crippen LogP contribution in [0.2, 0.25) is 5.02 Å². The van der Waals surface area contributed by atoms with E-state index >= 15 is 0 Å². The number of nitrogens with zero attached hydrogens (tertiary/aromatic N) is 3. The van der Waals surface area contributed by atoms with Crippen molar-refractivity contribution < 1.29 is 0 Å². The quantitative estimate of drug-likeness (QED) is 0.896. The van der Waals surface area contributed by atoms with Gasteiger partial charge in [-0.15, -0.1) is 0 Å². The number of aryl methyl sites for hydroxylation is 2. The minimum Gasteiger partial charge on any atom is -0.397 e. The number of pyridine rings is 1. The molecule has 0 aromatic carbocycles. The van der Waals surface area contributed by atoms with Crippen molar-refractivity contribution in [2.24, 2.45) is 0 Å². The van der Waals surface area contributed by atoms with Crippen LogP contribution >= 0.6 is 27.5 Å². The van der Waals surface area contributed by atoms with Gasteiger partial charge in [-0.3, -0.25) is 9.48 Å². The highest BCUT2D eigenvalue weighted by atomic mass is 79.9. The molecule has 0 amide bonds. The van der Waals surface area contributed by atoms with Gasteiger partial charge in [0.15, 0.2) is 0 Å². The number of halogens is 2. The van der Waals surface area contributed by atoms with E-state index in [-0.39, 0.29) is 5.56 Å². The van der Waals surface area contributed by atoms with Crippen molar-refractivity contribution in [2.75, 3.05) is 5.73 Å². The Hall–Kier alpha value is -1.27. The Kier molecular flexibility index (Phi) is 4.78. The second-order valence-corrected chi connectivity index (χ2v) is 6.00. The zero-order valence-corrected chi connectivity index (χ0v) is 14.6. The summed E-state index contributed by atoms with van der Waals surface area (Å²) in [7, 11) is 0. The molecule has 2 aromatic heterocycles. The number of nitrogens with two attached hydrogens (primary N) is 1. The maximum atomic E-state index is 12.3. The lowest BCUT2D eigenvalue weighted by molar-refractivity contribution is 0.589. The molecular weight excluding hydrogens is 356 g/mol. The third-order valence-corrected chi connectivity index (χ3v) is 4.89. The molecule has 7 heteroatoms. The van der Waals surface area contributed by atoms with Crippen molar-refractivity contribution in [3.63, 3.8) is 0 Å². The van der Waals surface area contributed by atoms with Gasteiger partial charge in [0.2, 0.25) is 0 Å². The van der Waals surface area contributed by atoms with Crippen LogP contribution in [0.1, 0.15) is 30.8 Å². The summed E-state index contributed by atoms with van der Waals surface area (Å²) in [4.78, 5) is 12.3. The predicted octanol–water partition coefficient (Wildman–Crippen LogP) is 2.98. The van der Waals surface area contributed by atoms with Crippen LogP contribution < -0.4 is 11.3 Å². The number of anilines is 1. The molecule has 114 valence electrons. The van der Waals surface area contributed by atoms with Gasteiger partial charge in [-0.2, -0.15) is 5.10 Å². The molecule has 0 unspecified atom stereocenters. The first-order chi connectivity index (χ1) is 9.90. The Morgan fingerprint density at radius 3 is 2.67 bits per heavy atom. The standard InChI is InChI=1S/C14H18BrClN4O/c1-4-10-13(16)11(20(5-2)18-10)7-19-6-9(17)8(3)12(15)14(19)21/h6H,4-5,7,17H2,1-3H3. The molecule has 2 rings (SSSR count). The molecule has 0 atom stereocenters. The minimum absolute atomic E-state index is 0.125. The average molecular weight is 374 g/mol. The van der Waals surface area contributed by atoms with Crippen molar-refractivity contribution in [3.8, 4) is 0 Å². The van der Waals surface area contributed by atoms with Crippen molar-refractivity contribution in [2.45, 2.75) is 40.3 Å². The lowest BCUT2D eigenvalue weighted by Crippen LogP contribution is -2.24. The van der Waals surface area contributed by atoms with E-state index in [9.17, 15) is 4.79 Å². The van der Waals surface area contributed by atoms with Gasteiger partial charge in [0.05, 0.1) is 33.1 Å². The van der Waals surface area contributed by atoms with Crippen LogP contribution in [0.15, 0.2) is 15.5 Å². The summed E-state index contributed by atoms with van der Waals surface area (Å²) in [5.41, 5.74) is 8.80. The Labute approximate surface area is 136 Å². The van der Waals surface area contributed by atoms with E-state index < -0.39 is 0 Å². The molecule has 0 spiro atoms. The zero-order chi connectivity index (χ0) is 15.7. The Balaban J connectivity index is 2.53. The molecule has 0 radical (unpaired) electrons. The smallest absolute Gasteiger partial charge is 0.265 e. The van der Waals surface area contributed by atoms with Crippen LogP contribution in [0, 0.1) is 6.92 Å². The second-order valence-electron chi connectivity index (χ2n) is 4.83. The van der Waals surface area contributed by atoms with Gasteiger partial charge >= 0.3 is 0 Å². The highest BCUT2D eigenvalue weighted by Crippen LogP contribution is 2.23. The molecule has 21 heavy (non-hydrogen) atoms. The first-order valence-corrected chi connectivity index (χ1v) is 7.96. The van der Waals surface area contributed by atoms with E-state index in [0.717, 1.165) is 23.4 Å². The fourth-order valence-corrected chi connectivity index (χ4v) is 2.97. The van der Waals surface area contributed by atoms with E-state index in [1.807, 2.05) is 25.5 Å². The third-order valence-electron chi connectivity index (χ3n) is 3.52. The topological polar surface area (TPSA) is 65.8 Å². The van der Waals surface area contributed by atoms with Gasteiger partial charge in [0.25, 0.3) is 5.56 Å². The van der Waals surface area contributed by atoms with E-state index in [4.69, 9.17) is 17.3 Å². The summed E-state index contributed by atoms with van der Waals surface area (Å²) in [6.45, 7) is 6.86. The summed E-state index contributed by atoms with van der Waals surface area (Å²) in [6.07, 6.45) is 2.41. The van der Waals surface area contributed by atoms with Gasteiger partial charge in [0.1, 0.15) is 0 Å².